The minimum Gasteiger partial charge on any atom is -0.0843 e. The van der Waals surface area contributed by atoms with Crippen LogP contribution in [0.2, 0.25) is 10.0 Å². The van der Waals surface area contributed by atoms with Crippen LogP contribution >= 0.6 is 23.2 Å². The maximum absolute atomic E-state index is 6.03. The summed E-state index contributed by atoms with van der Waals surface area (Å²) in [5, 5.41) is 3.76. The molecule has 0 aliphatic heterocycles. The van der Waals surface area contributed by atoms with Gasteiger partial charge in [-0.1, -0.05) is 59.6 Å². The van der Waals surface area contributed by atoms with Gasteiger partial charge < -0.3 is 0 Å². The van der Waals surface area contributed by atoms with E-state index in [1.807, 2.05) is 24.3 Å². The molecule has 0 aliphatic rings. The maximum Gasteiger partial charge on any atom is 0.0426 e. The minimum absolute atomic E-state index is 0.658. The van der Waals surface area contributed by atoms with Crippen molar-refractivity contribution in [3.63, 3.8) is 0 Å². The summed E-state index contributed by atoms with van der Waals surface area (Å²) in [6.07, 6.45) is 0. The molecule has 0 saturated carbocycles. The van der Waals surface area contributed by atoms with E-state index in [1.54, 1.807) is 6.07 Å². The molecule has 3 rings (SSSR count). The van der Waals surface area contributed by atoms with E-state index in [4.69, 9.17) is 23.2 Å². The fourth-order valence-corrected chi connectivity index (χ4v) is 2.62. The van der Waals surface area contributed by atoms with Gasteiger partial charge in [-0.3, -0.25) is 0 Å². The molecule has 0 aliphatic carbocycles. The van der Waals surface area contributed by atoms with E-state index in [0.29, 0.717) is 10.0 Å². The average molecular weight is 273 g/mol. The van der Waals surface area contributed by atoms with Gasteiger partial charge in [0.1, 0.15) is 0 Å². The molecule has 3 aromatic rings. The molecule has 0 heterocycles. The Kier molecular flexibility index (Phi) is 2.99. The van der Waals surface area contributed by atoms with Gasteiger partial charge in [-0.15, -0.1) is 0 Å². The standard InChI is InChI=1S/C16H10Cl2/c17-15-8-14(9-16(18)10-15)13-6-5-11-3-1-2-4-12(11)7-13/h1-10H. The smallest absolute Gasteiger partial charge is 0.0426 e. The molecule has 3 aromatic carbocycles. The van der Waals surface area contributed by atoms with E-state index in [1.165, 1.54) is 10.8 Å². The van der Waals surface area contributed by atoms with E-state index in [0.717, 1.165) is 11.1 Å². The third-order valence-corrected chi connectivity index (χ3v) is 3.38. The molecule has 0 amide bonds. The second kappa shape index (κ2) is 4.64. The maximum atomic E-state index is 6.03. The molecule has 0 nitrogen and oxygen atoms in total. The summed E-state index contributed by atoms with van der Waals surface area (Å²) in [6.45, 7) is 0. The molecule has 0 unspecified atom stereocenters. The summed E-state index contributed by atoms with van der Waals surface area (Å²) in [4.78, 5) is 0. The lowest BCUT2D eigenvalue weighted by molar-refractivity contribution is 1.64. The van der Waals surface area contributed by atoms with Crippen molar-refractivity contribution in [1.82, 2.24) is 0 Å². The average Bonchev–Trinajstić information content (AvgIpc) is 2.37. The van der Waals surface area contributed by atoms with Gasteiger partial charge in [0.05, 0.1) is 0 Å². The number of hydrogen-bond acceptors (Lipinski definition) is 0. The van der Waals surface area contributed by atoms with Crippen molar-refractivity contribution in [1.29, 1.82) is 0 Å². The largest absolute Gasteiger partial charge is 0.0843 e. The zero-order chi connectivity index (χ0) is 12.5. The summed E-state index contributed by atoms with van der Waals surface area (Å²) in [6, 6.07) is 20.2. The van der Waals surface area contributed by atoms with Crippen LogP contribution in [-0.2, 0) is 0 Å². The Labute approximate surface area is 116 Å². The fourth-order valence-electron chi connectivity index (χ4n) is 2.09. The van der Waals surface area contributed by atoms with Crippen molar-refractivity contribution in [2.75, 3.05) is 0 Å². The second-order valence-corrected chi connectivity index (χ2v) is 5.09. The molecule has 0 aromatic heterocycles. The van der Waals surface area contributed by atoms with Crippen molar-refractivity contribution in [3.05, 3.63) is 70.7 Å². The molecule has 88 valence electrons. The first-order valence-corrected chi connectivity index (χ1v) is 6.43. The van der Waals surface area contributed by atoms with Crippen LogP contribution in [0.3, 0.4) is 0 Å². The number of fused-ring (bicyclic) bond motifs is 1. The van der Waals surface area contributed by atoms with E-state index in [9.17, 15) is 0 Å². The third-order valence-electron chi connectivity index (χ3n) is 2.95. The van der Waals surface area contributed by atoms with Gasteiger partial charge in [0.15, 0.2) is 0 Å². The predicted octanol–water partition coefficient (Wildman–Crippen LogP) is 5.81. The fraction of sp³-hybridized carbons (Fsp3) is 0. The molecule has 2 heteroatoms. The summed E-state index contributed by atoms with van der Waals surface area (Å²) in [5.41, 5.74) is 2.16. The van der Waals surface area contributed by atoms with Crippen molar-refractivity contribution >= 4 is 34.0 Å². The minimum atomic E-state index is 0.658. The van der Waals surface area contributed by atoms with Crippen LogP contribution < -0.4 is 0 Å². The highest BCUT2D eigenvalue weighted by Gasteiger charge is 2.02. The van der Waals surface area contributed by atoms with Crippen LogP contribution in [0.5, 0.6) is 0 Å². The van der Waals surface area contributed by atoms with Crippen molar-refractivity contribution in [3.8, 4) is 11.1 Å². The van der Waals surface area contributed by atoms with Gasteiger partial charge >= 0.3 is 0 Å². The highest BCUT2D eigenvalue weighted by molar-refractivity contribution is 6.35. The van der Waals surface area contributed by atoms with Crippen LogP contribution in [0.25, 0.3) is 21.9 Å². The van der Waals surface area contributed by atoms with Crippen molar-refractivity contribution < 1.29 is 0 Å². The zero-order valence-electron chi connectivity index (χ0n) is 9.53. The van der Waals surface area contributed by atoms with E-state index in [2.05, 4.69) is 30.3 Å². The van der Waals surface area contributed by atoms with Crippen LogP contribution in [-0.4, -0.2) is 0 Å². The summed E-state index contributed by atoms with van der Waals surface area (Å²) in [5.74, 6) is 0. The van der Waals surface area contributed by atoms with Crippen molar-refractivity contribution in [2.24, 2.45) is 0 Å². The van der Waals surface area contributed by atoms with Crippen molar-refractivity contribution in [2.45, 2.75) is 0 Å². The summed E-state index contributed by atoms with van der Waals surface area (Å²) in [7, 11) is 0. The Morgan fingerprint density at radius 3 is 1.94 bits per heavy atom. The Morgan fingerprint density at radius 2 is 1.22 bits per heavy atom. The Morgan fingerprint density at radius 1 is 0.556 bits per heavy atom. The number of halogens is 2. The monoisotopic (exact) mass is 272 g/mol. The molecule has 0 N–H and O–H groups in total. The highest BCUT2D eigenvalue weighted by Crippen LogP contribution is 2.29. The first kappa shape index (κ1) is 11.6. The molecule has 18 heavy (non-hydrogen) atoms. The van der Waals surface area contributed by atoms with Gasteiger partial charge in [0.2, 0.25) is 0 Å². The SMILES string of the molecule is Clc1cc(Cl)cc(-c2ccc3ccccc3c2)c1. The molecule has 0 saturated heterocycles. The highest BCUT2D eigenvalue weighted by atomic mass is 35.5. The molecule has 0 radical (unpaired) electrons. The van der Waals surface area contributed by atoms with E-state index >= 15 is 0 Å². The first-order valence-electron chi connectivity index (χ1n) is 5.68. The van der Waals surface area contributed by atoms with Crippen LogP contribution in [0.1, 0.15) is 0 Å². The number of rotatable bonds is 1. The zero-order valence-corrected chi connectivity index (χ0v) is 11.0. The molecular weight excluding hydrogens is 263 g/mol. The molecule has 0 spiro atoms. The molecule has 0 fully saturated rings. The van der Waals surface area contributed by atoms with E-state index in [-0.39, 0.29) is 0 Å². The van der Waals surface area contributed by atoms with Gasteiger partial charge in [-0.25, -0.2) is 0 Å². The van der Waals surface area contributed by atoms with Crippen LogP contribution in [0, 0.1) is 0 Å². The molecule has 0 bridgehead atoms. The Balaban J connectivity index is 2.19. The lowest BCUT2D eigenvalue weighted by Crippen LogP contribution is -1.80. The molecule has 0 atom stereocenters. The Bertz CT molecular complexity index is 697. The van der Waals surface area contributed by atoms with Gasteiger partial charge in [-0.2, -0.15) is 0 Å². The quantitative estimate of drug-likeness (QED) is 0.524. The molecular formula is C16H10Cl2. The lowest BCUT2D eigenvalue weighted by atomic mass is 10.0. The number of hydrogen-bond donors (Lipinski definition) is 0. The van der Waals surface area contributed by atoms with Crippen LogP contribution in [0.15, 0.2) is 60.7 Å². The first-order chi connectivity index (χ1) is 8.72. The van der Waals surface area contributed by atoms with Gasteiger partial charge in [-0.05, 0) is 46.2 Å². The van der Waals surface area contributed by atoms with Gasteiger partial charge in [0, 0.05) is 10.0 Å². The predicted molar refractivity (Wildman–Crippen MR) is 79.4 cm³/mol. The second-order valence-electron chi connectivity index (χ2n) is 4.22. The Hall–Kier alpha value is -1.50. The van der Waals surface area contributed by atoms with E-state index < -0.39 is 0 Å². The summed E-state index contributed by atoms with van der Waals surface area (Å²) < 4.78 is 0. The topological polar surface area (TPSA) is 0 Å². The number of benzene rings is 3. The summed E-state index contributed by atoms with van der Waals surface area (Å²) >= 11 is 12.1. The van der Waals surface area contributed by atoms with Gasteiger partial charge in [0.25, 0.3) is 0 Å². The lowest BCUT2D eigenvalue weighted by Gasteiger charge is -2.05. The van der Waals surface area contributed by atoms with Crippen LogP contribution in [0.4, 0.5) is 0 Å². The normalized spacial score (nSPS) is 10.8. The third kappa shape index (κ3) is 2.22.